The molecule has 1 aliphatic rings. The highest BCUT2D eigenvalue weighted by Gasteiger charge is 2.27. The Morgan fingerprint density at radius 2 is 2.40 bits per heavy atom. The van der Waals surface area contributed by atoms with Crippen molar-refractivity contribution >= 4 is 11.6 Å². The highest BCUT2D eigenvalue weighted by atomic mass is 16.5. The molecule has 106 valence electrons. The fourth-order valence-electron chi connectivity index (χ4n) is 2.38. The molecule has 1 aliphatic heterocycles. The lowest BCUT2D eigenvalue weighted by molar-refractivity contribution is -0.0183. The van der Waals surface area contributed by atoms with Crippen molar-refractivity contribution in [3.8, 4) is 0 Å². The van der Waals surface area contributed by atoms with Crippen molar-refractivity contribution in [2.45, 2.75) is 13.0 Å². The van der Waals surface area contributed by atoms with Crippen molar-refractivity contribution in [2.75, 3.05) is 26.4 Å². The standard InChI is InChI=1S/C13H16N4O3/c1-9-14-15-12-6-10(2-3-16(9)12)13(19)17-4-5-20-8-11(17)7-18/h2-3,6,11,18H,4-5,7-8H2,1H3. The number of pyridine rings is 1. The Hall–Kier alpha value is -1.99. The fourth-order valence-corrected chi connectivity index (χ4v) is 2.38. The van der Waals surface area contributed by atoms with Crippen LogP contribution in [0.25, 0.3) is 5.65 Å². The van der Waals surface area contributed by atoms with Crippen LogP contribution < -0.4 is 0 Å². The summed E-state index contributed by atoms with van der Waals surface area (Å²) in [4.78, 5) is 14.2. The monoisotopic (exact) mass is 276 g/mol. The number of hydrogen-bond acceptors (Lipinski definition) is 5. The topological polar surface area (TPSA) is 80.0 Å². The number of aliphatic hydroxyl groups is 1. The van der Waals surface area contributed by atoms with Crippen LogP contribution in [0.1, 0.15) is 16.2 Å². The molecule has 1 atom stereocenters. The van der Waals surface area contributed by atoms with Gasteiger partial charge in [0.25, 0.3) is 5.91 Å². The molecule has 20 heavy (non-hydrogen) atoms. The normalized spacial score (nSPS) is 19.5. The van der Waals surface area contributed by atoms with E-state index in [1.54, 1.807) is 23.2 Å². The van der Waals surface area contributed by atoms with Crippen LogP contribution >= 0.6 is 0 Å². The number of carbonyl (C=O) groups excluding carboxylic acids is 1. The minimum Gasteiger partial charge on any atom is -0.394 e. The number of morpholine rings is 1. The van der Waals surface area contributed by atoms with Gasteiger partial charge in [-0.2, -0.15) is 0 Å². The van der Waals surface area contributed by atoms with E-state index >= 15 is 0 Å². The van der Waals surface area contributed by atoms with Crippen molar-refractivity contribution in [2.24, 2.45) is 0 Å². The number of hydrogen-bond donors (Lipinski definition) is 1. The van der Waals surface area contributed by atoms with Gasteiger partial charge in [-0.3, -0.25) is 9.20 Å². The van der Waals surface area contributed by atoms with E-state index in [0.717, 1.165) is 5.82 Å². The van der Waals surface area contributed by atoms with Crippen LogP contribution in [0.3, 0.4) is 0 Å². The SMILES string of the molecule is Cc1nnc2cc(C(=O)N3CCOCC3CO)ccn12. The second-order valence-electron chi connectivity index (χ2n) is 4.80. The van der Waals surface area contributed by atoms with Gasteiger partial charge in [0.15, 0.2) is 5.65 Å². The zero-order valence-corrected chi connectivity index (χ0v) is 11.2. The third kappa shape index (κ3) is 2.14. The molecule has 1 amide bonds. The molecule has 3 heterocycles. The molecule has 0 spiro atoms. The van der Waals surface area contributed by atoms with Gasteiger partial charge in [0, 0.05) is 18.3 Å². The largest absolute Gasteiger partial charge is 0.394 e. The molecule has 7 heteroatoms. The first-order valence-corrected chi connectivity index (χ1v) is 6.51. The molecule has 0 saturated carbocycles. The molecule has 1 N–H and O–H groups in total. The van der Waals surface area contributed by atoms with Crippen molar-refractivity contribution in [1.82, 2.24) is 19.5 Å². The number of carbonyl (C=O) groups is 1. The van der Waals surface area contributed by atoms with Crippen LogP contribution in [-0.2, 0) is 4.74 Å². The summed E-state index contributed by atoms with van der Waals surface area (Å²) in [5.74, 6) is 0.661. The van der Waals surface area contributed by atoms with E-state index < -0.39 is 0 Å². The predicted molar refractivity (Wildman–Crippen MR) is 70.5 cm³/mol. The molecule has 7 nitrogen and oxygen atoms in total. The first-order valence-electron chi connectivity index (χ1n) is 6.51. The van der Waals surface area contributed by atoms with Crippen molar-refractivity contribution < 1.29 is 14.6 Å². The van der Waals surface area contributed by atoms with E-state index in [0.29, 0.717) is 31.0 Å². The van der Waals surface area contributed by atoms with Gasteiger partial charge in [-0.15, -0.1) is 10.2 Å². The van der Waals surface area contributed by atoms with Crippen LogP contribution in [0.2, 0.25) is 0 Å². The number of aromatic nitrogens is 3. The minimum atomic E-state index is -0.285. The van der Waals surface area contributed by atoms with Crippen LogP contribution in [0.5, 0.6) is 0 Å². The molecule has 0 radical (unpaired) electrons. The number of aliphatic hydroxyl groups excluding tert-OH is 1. The van der Waals surface area contributed by atoms with Gasteiger partial charge in [-0.25, -0.2) is 0 Å². The molecule has 3 rings (SSSR count). The maximum atomic E-state index is 12.5. The van der Waals surface area contributed by atoms with Crippen LogP contribution in [-0.4, -0.2) is 62.9 Å². The third-order valence-electron chi connectivity index (χ3n) is 3.53. The van der Waals surface area contributed by atoms with E-state index in [2.05, 4.69) is 10.2 Å². The van der Waals surface area contributed by atoms with Gasteiger partial charge in [0.1, 0.15) is 5.82 Å². The fraction of sp³-hybridized carbons (Fsp3) is 0.462. The lowest BCUT2D eigenvalue weighted by Gasteiger charge is -2.34. The Kier molecular flexibility index (Phi) is 3.37. The molecule has 0 bridgehead atoms. The summed E-state index contributed by atoms with van der Waals surface area (Å²) in [5.41, 5.74) is 1.19. The Labute approximate surface area is 115 Å². The summed E-state index contributed by atoms with van der Waals surface area (Å²) in [6.07, 6.45) is 1.78. The minimum absolute atomic E-state index is 0.0992. The molecule has 1 fully saturated rings. The first-order chi connectivity index (χ1) is 9.70. The summed E-state index contributed by atoms with van der Waals surface area (Å²) < 4.78 is 7.10. The summed E-state index contributed by atoms with van der Waals surface area (Å²) in [5, 5.41) is 17.3. The number of aryl methyl sites for hydroxylation is 1. The number of rotatable bonds is 2. The highest BCUT2D eigenvalue weighted by Crippen LogP contribution is 2.14. The second kappa shape index (κ2) is 5.18. The number of amides is 1. The smallest absolute Gasteiger partial charge is 0.254 e. The Bertz CT molecular complexity index is 640. The van der Waals surface area contributed by atoms with Crippen molar-refractivity contribution in [3.05, 3.63) is 29.7 Å². The zero-order chi connectivity index (χ0) is 14.1. The van der Waals surface area contributed by atoms with Crippen molar-refractivity contribution in [1.29, 1.82) is 0 Å². The Balaban J connectivity index is 1.91. The average Bonchev–Trinajstić information content (AvgIpc) is 2.87. The zero-order valence-electron chi connectivity index (χ0n) is 11.2. The summed E-state index contributed by atoms with van der Waals surface area (Å²) in [6.45, 7) is 3.10. The molecule has 0 aromatic carbocycles. The molecular formula is C13H16N4O3. The van der Waals surface area contributed by atoms with Gasteiger partial charge in [-0.1, -0.05) is 0 Å². The first kappa shape index (κ1) is 13.0. The quantitative estimate of drug-likeness (QED) is 0.826. The number of ether oxygens (including phenoxy) is 1. The third-order valence-corrected chi connectivity index (χ3v) is 3.53. The van der Waals surface area contributed by atoms with E-state index in [1.807, 2.05) is 11.3 Å². The second-order valence-corrected chi connectivity index (χ2v) is 4.80. The highest BCUT2D eigenvalue weighted by molar-refractivity contribution is 5.95. The summed E-state index contributed by atoms with van der Waals surface area (Å²) in [6, 6.07) is 3.18. The van der Waals surface area contributed by atoms with Crippen LogP contribution in [0, 0.1) is 6.92 Å². The molecule has 2 aromatic heterocycles. The van der Waals surface area contributed by atoms with Gasteiger partial charge in [0.05, 0.1) is 25.9 Å². The summed E-state index contributed by atoms with van der Waals surface area (Å²) >= 11 is 0. The van der Waals surface area contributed by atoms with Gasteiger partial charge in [0.2, 0.25) is 0 Å². The molecule has 1 unspecified atom stereocenters. The maximum absolute atomic E-state index is 12.5. The van der Waals surface area contributed by atoms with Gasteiger partial charge < -0.3 is 14.7 Å². The van der Waals surface area contributed by atoms with E-state index in [4.69, 9.17) is 4.74 Å². The Morgan fingerprint density at radius 1 is 1.55 bits per heavy atom. The van der Waals surface area contributed by atoms with Crippen LogP contribution in [0.4, 0.5) is 0 Å². The molecular weight excluding hydrogens is 260 g/mol. The van der Waals surface area contributed by atoms with Crippen molar-refractivity contribution in [3.63, 3.8) is 0 Å². The number of nitrogens with zero attached hydrogens (tertiary/aromatic N) is 4. The lowest BCUT2D eigenvalue weighted by atomic mass is 10.1. The molecule has 0 aliphatic carbocycles. The number of fused-ring (bicyclic) bond motifs is 1. The maximum Gasteiger partial charge on any atom is 0.254 e. The van der Waals surface area contributed by atoms with E-state index in [9.17, 15) is 9.90 Å². The van der Waals surface area contributed by atoms with Gasteiger partial charge >= 0.3 is 0 Å². The predicted octanol–water partition coefficient (Wildman–Crippen LogP) is -0.129. The van der Waals surface area contributed by atoms with Gasteiger partial charge in [-0.05, 0) is 19.1 Å². The average molecular weight is 276 g/mol. The Morgan fingerprint density at radius 3 is 3.20 bits per heavy atom. The lowest BCUT2D eigenvalue weighted by Crippen LogP contribution is -2.50. The van der Waals surface area contributed by atoms with E-state index in [1.165, 1.54) is 0 Å². The van der Waals surface area contributed by atoms with Crippen LogP contribution in [0.15, 0.2) is 18.3 Å². The molecule has 2 aromatic rings. The molecule has 1 saturated heterocycles. The summed E-state index contributed by atoms with van der Waals surface area (Å²) in [7, 11) is 0. The van der Waals surface area contributed by atoms with E-state index in [-0.39, 0.29) is 18.6 Å².